The van der Waals surface area contributed by atoms with Gasteiger partial charge in [0.15, 0.2) is 0 Å². The van der Waals surface area contributed by atoms with E-state index in [2.05, 4.69) is 18.5 Å². The molecule has 1 rings (SSSR count). The quantitative estimate of drug-likeness (QED) is 0.842. The molecule has 17 heavy (non-hydrogen) atoms. The van der Waals surface area contributed by atoms with E-state index in [0.717, 1.165) is 11.3 Å². The predicted octanol–water partition coefficient (Wildman–Crippen LogP) is 2.73. The maximum atomic E-state index is 13.9. The fraction of sp³-hybridized carbons (Fsp3) is 0.538. The van der Waals surface area contributed by atoms with Crippen molar-refractivity contribution in [3.63, 3.8) is 0 Å². The maximum Gasteiger partial charge on any atom is 0.146 e. The van der Waals surface area contributed by atoms with Crippen LogP contribution in [0, 0.1) is 5.82 Å². The highest BCUT2D eigenvalue weighted by Crippen LogP contribution is 2.22. The van der Waals surface area contributed by atoms with Crippen molar-refractivity contribution < 1.29 is 4.39 Å². The number of nitrogens with zero attached hydrogens (tertiary/aromatic N) is 1. The lowest BCUT2D eigenvalue weighted by Crippen LogP contribution is -2.31. The molecule has 1 atom stereocenters. The first-order valence-electron chi connectivity index (χ1n) is 5.75. The fourth-order valence-corrected chi connectivity index (χ4v) is 2.45. The molecule has 4 heteroatoms. The topological polar surface area (TPSA) is 15.3 Å². The Hall–Kier alpha value is -0.740. The van der Waals surface area contributed by atoms with E-state index in [4.69, 9.17) is 0 Å². The number of benzene rings is 1. The molecule has 0 bridgehead atoms. The molecule has 0 saturated heterocycles. The monoisotopic (exact) mass is 256 g/mol. The van der Waals surface area contributed by atoms with Crippen LogP contribution in [0.3, 0.4) is 0 Å². The van der Waals surface area contributed by atoms with Gasteiger partial charge in [0.25, 0.3) is 0 Å². The lowest BCUT2D eigenvalue weighted by atomic mass is 10.1. The van der Waals surface area contributed by atoms with Crippen LogP contribution in [-0.2, 0) is 6.54 Å². The Kier molecular flexibility index (Phi) is 5.78. The van der Waals surface area contributed by atoms with Crippen molar-refractivity contribution in [1.82, 2.24) is 5.32 Å². The largest absolute Gasteiger partial charge is 0.369 e. The Morgan fingerprint density at radius 2 is 2.18 bits per heavy atom. The van der Waals surface area contributed by atoms with Gasteiger partial charge in [-0.25, -0.2) is 4.39 Å². The molecular formula is C13H21FN2S. The highest BCUT2D eigenvalue weighted by atomic mass is 32.2. The van der Waals surface area contributed by atoms with Gasteiger partial charge in [0.05, 0.1) is 5.69 Å². The Morgan fingerprint density at radius 1 is 1.47 bits per heavy atom. The summed E-state index contributed by atoms with van der Waals surface area (Å²) in [4.78, 5) is 2.00. The summed E-state index contributed by atoms with van der Waals surface area (Å²) in [5, 5.41) is 3.02. The van der Waals surface area contributed by atoms with Crippen molar-refractivity contribution in [1.29, 1.82) is 0 Å². The first-order chi connectivity index (χ1) is 8.10. The molecule has 0 aliphatic carbocycles. The smallest absolute Gasteiger partial charge is 0.146 e. The molecule has 0 amide bonds. The van der Waals surface area contributed by atoms with Gasteiger partial charge in [0.1, 0.15) is 5.82 Å². The average Bonchev–Trinajstić information content (AvgIpc) is 2.29. The average molecular weight is 256 g/mol. The summed E-state index contributed by atoms with van der Waals surface area (Å²) in [6, 6.07) is 5.76. The standard InChI is InChI=1S/C13H21FN2S/c1-10(9-17-4)16(3)13-6-5-11(8-15-2)7-12(13)14/h5-7,10,15H,8-9H2,1-4H3. The van der Waals surface area contributed by atoms with Crippen molar-refractivity contribution in [3.05, 3.63) is 29.6 Å². The van der Waals surface area contributed by atoms with Crippen molar-refractivity contribution in [3.8, 4) is 0 Å². The molecule has 0 fully saturated rings. The molecule has 1 aromatic rings. The SMILES string of the molecule is CNCc1ccc(N(C)C(C)CSC)c(F)c1. The summed E-state index contributed by atoms with van der Waals surface area (Å²) in [5.41, 5.74) is 1.64. The predicted molar refractivity (Wildman–Crippen MR) is 75.4 cm³/mol. The van der Waals surface area contributed by atoms with Crippen LogP contribution in [0.25, 0.3) is 0 Å². The summed E-state index contributed by atoms with van der Waals surface area (Å²) < 4.78 is 13.9. The second-order valence-electron chi connectivity index (χ2n) is 4.23. The third-order valence-corrected chi connectivity index (χ3v) is 3.66. The van der Waals surface area contributed by atoms with E-state index < -0.39 is 0 Å². The van der Waals surface area contributed by atoms with Gasteiger partial charge in [-0.05, 0) is 37.9 Å². The molecule has 0 radical (unpaired) electrons. The van der Waals surface area contributed by atoms with Gasteiger partial charge in [0, 0.05) is 25.4 Å². The van der Waals surface area contributed by atoms with Crippen LogP contribution in [0.1, 0.15) is 12.5 Å². The highest BCUT2D eigenvalue weighted by molar-refractivity contribution is 7.98. The van der Waals surface area contributed by atoms with Crippen molar-refractivity contribution >= 4 is 17.4 Å². The summed E-state index contributed by atoms with van der Waals surface area (Å²) in [5.74, 6) is 0.849. The van der Waals surface area contributed by atoms with E-state index in [1.54, 1.807) is 17.8 Å². The minimum atomic E-state index is -0.145. The lowest BCUT2D eigenvalue weighted by molar-refractivity contribution is 0.611. The van der Waals surface area contributed by atoms with Crippen molar-refractivity contribution in [2.45, 2.75) is 19.5 Å². The van der Waals surface area contributed by atoms with Gasteiger partial charge in [-0.15, -0.1) is 0 Å². The number of halogens is 1. The molecule has 0 saturated carbocycles. The van der Waals surface area contributed by atoms with Crippen LogP contribution in [0.2, 0.25) is 0 Å². The summed E-state index contributed by atoms with van der Waals surface area (Å²) >= 11 is 1.78. The van der Waals surface area contributed by atoms with Crippen LogP contribution in [0.5, 0.6) is 0 Å². The second kappa shape index (κ2) is 6.87. The number of nitrogens with one attached hydrogen (secondary N) is 1. The molecule has 1 unspecified atom stereocenters. The molecule has 0 spiro atoms. The molecule has 0 aliphatic heterocycles. The van der Waals surface area contributed by atoms with Crippen LogP contribution in [-0.4, -0.2) is 32.1 Å². The Balaban J connectivity index is 2.83. The molecule has 0 aromatic heterocycles. The summed E-state index contributed by atoms with van der Waals surface area (Å²) in [7, 11) is 3.80. The molecule has 0 aliphatic rings. The number of thioether (sulfide) groups is 1. The normalized spacial score (nSPS) is 12.5. The fourth-order valence-electron chi connectivity index (χ4n) is 1.74. The van der Waals surface area contributed by atoms with Gasteiger partial charge in [0.2, 0.25) is 0 Å². The minimum absolute atomic E-state index is 0.145. The van der Waals surface area contributed by atoms with Crippen LogP contribution in [0.4, 0.5) is 10.1 Å². The molecule has 1 N–H and O–H groups in total. The van der Waals surface area contributed by atoms with E-state index in [-0.39, 0.29) is 5.82 Å². The third-order valence-electron chi connectivity index (χ3n) is 2.84. The Labute approximate surface area is 108 Å². The van der Waals surface area contributed by atoms with Gasteiger partial charge in [-0.2, -0.15) is 11.8 Å². The van der Waals surface area contributed by atoms with Gasteiger partial charge in [-0.1, -0.05) is 6.07 Å². The summed E-state index contributed by atoms with van der Waals surface area (Å²) in [6.07, 6.45) is 2.07. The maximum absolute atomic E-state index is 13.9. The lowest BCUT2D eigenvalue weighted by Gasteiger charge is -2.27. The van der Waals surface area contributed by atoms with E-state index >= 15 is 0 Å². The molecule has 96 valence electrons. The summed E-state index contributed by atoms with van der Waals surface area (Å²) in [6.45, 7) is 2.80. The van der Waals surface area contributed by atoms with Gasteiger partial charge < -0.3 is 10.2 Å². The minimum Gasteiger partial charge on any atom is -0.369 e. The highest BCUT2D eigenvalue weighted by Gasteiger charge is 2.13. The molecule has 1 aromatic carbocycles. The van der Waals surface area contributed by atoms with Crippen LogP contribution in [0.15, 0.2) is 18.2 Å². The molecule has 2 nitrogen and oxygen atoms in total. The van der Waals surface area contributed by atoms with E-state index in [9.17, 15) is 4.39 Å². The zero-order valence-electron chi connectivity index (χ0n) is 11.0. The number of anilines is 1. The molecule has 0 heterocycles. The first-order valence-corrected chi connectivity index (χ1v) is 7.14. The third kappa shape index (κ3) is 3.89. The van der Waals surface area contributed by atoms with Crippen molar-refractivity contribution in [2.75, 3.05) is 31.0 Å². The zero-order chi connectivity index (χ0) is 12.8. The van der Waals surface area contributed by atoms with E-state index in [1.165, 1.54) is 0 Å². The van der Waals surface area contributed by atoms with E-state index in [0.29, 0.717) is 18.3 Å². The number of rotatable bonds is 6. The number of hydrogen-bond donors (Lipinski definition) is 1. The second-order valence-corrected chi connectivity index (χ2v) is 5.14. The zero-order valence-corrected chi connectivity index (χ0v) is 11.8. The first kappa shape index (κ1) is 14.3. The molecular weight excluding hydrogens is 235 g/mol. The van der Waals surface area contributed by atoms with Crippen molar-refractivity contribution in [2.24, 2.45) is 0 Å². The van der Waals surface area contributed by atoms with Gasteiger partial charge >= 0.3 is 0 Å². The Morgan fingerprint density at radius 3 is 2.71 bits per heavy atom. The van der Waals surface area contributed by atoms with E-state index in [1.807, 2.05) is 31.1 Å². The van der Waals surface area contributed by atoms with Gasteiger partial charge in [-0.3, -0.25) is 0 Å². The Bertz CT molecular complexity index is 357. The number of hydrogen-bond acceptors (Lipinski definition) is 3. The van der Waals surface area contributed by atoms with Crippen LogP contribution >= 0.6 is 11.8 Å². The van der Waals surface area contributed by atoms with Crippen LogP contribution < -0.4 is 10.2 Å².